The maximum absolute atomic E-state index is 11.0. The molecule has 0 amide bonds. The van der Waals surface area contributed by atoms with E-state index in [2.05, 4.69) is 11.8 Å². The van der Waals surface area contributed by atoms with E-state index in [9.17, 15) is 10.1 Å². The zero-order chi connectivity index (χ0) is 14.0. The summed E-state index contributed by atoms with van der Waals surface area (Å²) in [4.78, 5) is 12.8. The van der Waals surface area contributed by atoms with Crippen LogP contribution in [0.4, 0.5) is 5.69 Å². The molecule has 0 bridgehead atoms. The fraction of sp³-hybridized carbons (Fsp3) is 0.538. The van der Waals surface area contributed by atoms with Crippen molar-refractivity contribution in [3.05, 3.63) is 38.9 Å². The van der Waals surface area contributed by atoms with E-state index in [4.69, 9.17) is 17.3 Å². The molecule has 1 aliphatic heterocycles. The van der Waals surface area contributed by atoms with Gasteiger partial charge < -0.3 is 5.73 Å². The second kappa shape index (κ2) is 5.86. The Balaban J connectivity index is 2.13. The molecular weight excluding hydrogens is 266 g/mol. The molecule has 2 N–H and O–H groups in total. The topological polar surface area (TPSA) is 72.4 Å². The van der Waals surface area contributed by atoms with Crippen molar-refractivity contribution in [1.82, 2.24) is 4.90 Å². The Morgan fingerprint density at radius 1 is 1.58 bits per heavy atom. The Morgan fingerprint density at radius 2 is 2.32 bits per heavy atom. The van der Waals surface area contributed by atoms with Gasteiger partial charge in [-0.1, -0.05) is 18.5 Å². The van der Waals surface area contributed by atoms with Crippen molar-refractivity contribution in [3.63, 3.8) is 0 Å². The van der Waals surface area contributed by atoms with Crippen molar-refractivity contribution in [3.8, 4) is 0 Å². The standard InChI is InChI=1S/C13H18ClN3O2/c1-9-4-5-16(8-12(9)15)7-10-2-3-11(14)6-13(10)17(18)19/h2-3,6,9,12H,4-5,7-8,15H2,1H3. The van der Waals surface area contributed by atoms with Crippen LogP contribution in [0, 0.1) is 16.0 Å². The van der Waals surface area contributed by atoms with Crippen LogP contribution in [0.3, 0.4) is 0 Å². The van der Waals surface area contributed by atoms with Crippen LogP contribution in [0.15, 0.2) is 18.2 Å². The maximum Gasteiger partial charge on any atom is 0.275 e. The van der Waals surface area contributed by atoms with Crippen LogP contribution in [-0.4, -0.2) is 29.0 Å². The third-order valence-electron chi connectivity index (χ3n) is 3.74. The van der Waals surface area contributed by atoms with Gasteiger partial charge in [0.2, 0.25) is 0 Å². The van der Waals surface area contributed by atoms with Gasteiger partial charge in [0, 0.05) is 35.8 Å². The van der Waals surface area contributed by atoms with Gasteiger partial charge in [-0.05, 0) is 31.0 Å². The predicted octanol–water partition coefficient (Wildman–Crippen LogP) is 2.42. The Bertz CT molecular complexity index is 481. The molecule has 5 nitrogen and oxygen atoms in total. The molecule has 0 radical (unpaired) electrons. The number of hydrogen-bond donors (Lipinski definition) is 1. The van der Waals surface area contributed by atoms with Gasteiger partial charge in [0.25, 0.3) is 5.69 Å². The Kier molecular flexibility index (Phi) is 4.39. The Hall–Kier alpha value is -1.17. The van der Waals surface area contributed by atoms with Crippen molar-refractivity contribution >= 4 is 17.3 Å². The Morgan fingerprint density at radius 3 is 2.95 bits per heavy atom. The number of likely N-dealkylation sites (tertiary alicyclic amines) is 1. The molecule has 0 aromatic heterocycles. The van der Waals surface area contributed by atoms with E-state index in [0.29, 0.717) is 23.0 Å². The monoisotopic (exact) mass is 283 g/mol. The molecule has 2 rings (SSSR count). The van der Waals surface area contributed by atoms with Crippen LogP contribution in [0.5, 0.6) is 0 Å². The van der Waals surface area contributed by atoms with Crippen LogP contribution < -0.4 is 5.73 Å². The summed E-state index contributed by atoms with van der Waals surface area (Å²) in [6.07, 6.45) is 1.03. The van der Waals surface area contributed by atoms with Gasteiger partial charge in [0.15, 0.2) is 0 Å². The number of nitrogens with zero attached hydrogens (tertiary/aromatic N) is 2. The van der Waals surface area contributed by atoms with E-state index in [1.165, 1.54) is 6.07 Å². The van der Waals surface area contributed by atoms with Crippen molar-refractivity contribution in [2.75, 3.05) is 13.1 Å². The quantitative estimate of drug-likeness (QED) is 0.683. The molecule has 2 unspecified atom stereocenters. The molecule has 1 aromatic carbocycles. The van der Waals surface area contributed by atoms with Gasteiger partial charge in [0.05, 0.1) is 4.92 Å². The lowest BCUT2D eigenvalue weighted by Crippen LogP contribution is -2.47. The smallest absolute Gasteiger partial charge is 0.275 e. The first-order chi connectivity index (χ1) is 8.97. The molecule has 1 aromatic rings. The average Bonchev–Trinajstić information content (AvgIpc) is 2.36. The first-order valence-electron chi connectivity index (χ1n) is 6.38. The fourth-order valence-corrected chi connectivity index (χ4v) is 2.56. The number of nitro groups is 1. The second-order valence-corrected chi connectivity index (χ2v) is 5.63. The van der Waals surface area contributed by atoms with Crippen molar-refractivity contribution < 1.29 is 4.92 Å². The first-order valence-corrected chi connectivity index (χ1v) is 6.76. The zero-order valence-corrected chi connectivity index (χ0v) is 11.6. The molecule has 1 saturated heterocycles. The number of nitro benzene ring substituents is 1. The minimum Gasteiger partial charge on any atom is -0.326 e. The minimum atomic E-state index is -0.381. The molecule has 1 heterocycles. The minimum absolute atomic E-state index is 0.0830. The summed E-state index contributed by atoms with van der Waals surface area (Å²) in [7, 11) is 0. The summed E-state index contributed by atoms with van der Waals surface area (Å²) in [6.45, 7) is 4.40. The number of nitrogens with two attached hydrogens (primary N) is 1. The van der Waals surface area contributed by atoms with Crippen LogP contribution in [0.25, 0.3) is 0 Å². The van der Waals surface area contributed by atoms with E-state index >= 15 is 0 Å². The highest BCUT2D eigenvalue weighted by Gasteiger charge is 2.25. The summed E-state index contributed by atoms with van der Waals surface area (Å²) in [5, 5.41) is 11.4. The highest BCUT2D eigenvalue weighted by atomic mass is 35.5. The molecular formula is C13H18ClN3O2. The molecule has 0 spiro atoms. The van der Waals surface area contributed by atoms with Crippen LogP contribution >= 0.6 is 11.6 Å². The second-order valence-electron chi connectivity index (χ2n) is 5.20. The molecule has 19 heavy (non-hydrogen) atoms. The zero-order valence-electron chi connectivity index (χ0n) is 10.9. The van der Waals surface area contributed by atoms with Gasteiger partial charge >= 0.3 is 0 Å². The SMILES string of the molecule is CC1CCN(Cc2ccc(Cl)cc2[N+](=O)[O-])CC1N. The van der Waals surface area contributed by atoms with Crippen LogP contribution in [0.2, 0.25) is 5.02 Å². The molecule has 104 valence electrons. The number of benzene rings is 1. The summed E-state index contributed by atoms with van der Waals surface area (Å²) in [5.74, 6) is 0.511. The van der Waals surface area contributed by atoms with Crippen molar-refractivity contribution in [1.29, 1.82) is 0 Å². The maximum atomic E-state index is 11.0. The summed E-state index contributed by atoms with van der Waals surface area (Å²) < 4.78 is 0. The number of hydrogen-bond acceptors (Lipinski definition) is 4. The van der Waals surface area contributed by atoms with E-state index in [1.807, 2.05) is 0 Å². The third kappa shape index (κ3) is 3.43. The van der Waals surface area contributed by atoms with Crippen molar-refractivity contribution in [2.24, 2.45) is 11.7 Å². The normalized spacial score (nSPS) is 24.4. The van der Waals surface area contributed by atoms with E-state index in [0.717, 1.165) is 19.5 Å². The number of halogens is 1. The number of piperidine rings is 1. The summed E-state index contributed by atoms with van der Waals surface area (Å²) in [6, 6.07) is 4.96. The third-order valence-corrected chi connectivity index (χ3v) is 3.97. The molecule has 0 aliphatic carbocycles. The number of rotatable bonds is 3. The lowest BCUT2D eigenvalue weighted by atomic mass is 9.94. The predicted molar refractivity (Wildman–Crippen MR) is 75.1 cm³/mol. The van der Waals surface area contributed by atoms with Gasteiger partial charge in [-0.2, -0.15) is 0 Å². The lowest BCUT2D eigenvalue weighted by molar-refractivity contribution is -0.385. The molecule has 0 saturated carbocycles. The van der Waals surface area contributed by atoms with E-state index < -0.39 is 0 Å². The molecule has 1 fully saturated rings. The molecule has 1 aliphatic rings. The van der Waals surface area contributed by atoms with Gasteiger partial charge in [0.1, 0.15) is 0 Å². The highest BCUT2D eigenvalue weighted by molar-refractivity contribution is 6.30. The van der Waals surface area contributed by atoms with E-state index in [-0.39, 0.29) is 16.7 Å². The molecule has 2 atom stereocenters. The van der Waals surface area contributed by atoms with Gasteiger partial charge in [-0.3, -0.25) is 15.0 Å². The van der Waals surface area contributed by atoms with E-state index in [1.54, 1.807) is 12.1 Å². The fourth-order valence-electron chi connectivity index (χ4n) is 2.39. The average molecular weight is 284 g/mol. The van der Waals surface area contributed by atoms with Gasteiger partial charge in [-0.15, -0.1) is 0 Å². The van der Waals surface area contributed by atoms with Crippen LogP contribution in [-0.2, 0) is 6.54 Å². The van der Waals surface area contributed by atoms with Crippen molar-refractivity contribution in [2.45, 2.75) is 25.9 Å². The summed E-state index contributed by atoms with van der Waals surface area (Å²) >= 11 is 5.81. The lowest BCUT2D eigenvalue weighted by Gasteiger charge is -2.34. The first kappa shape index (κ1) is 14.2. The largest absolute Gasteiger partial charge is 0.326 e. The Labute approximate surface area is 117 Å². The van der Waals surface area contributed by atoms with Crippen LogP contribution in [0.1, 0.15) is 18.9 Å². The highest BCUT2D eigenvalue weighted by Crippen LogP contribution is 2.26. The molecule has 6 heteroatoms. The van der Waals surface area contributed by atoms with Gasteiger partial charge in [-0.25, -0.2) is 0 Å². The summed E-state index contributed by atoms with van der Waals surface area (Å²) in [5.41, 5.74) is 6.82.